The van der Waals surface area contributed by atoms with Gasteiger partial charge in [0, 0.05) is 24.3 Å². The molecule has 4 fully saturated rings. The van der Waals surface area contributed by atoms with Gasteiger partial charge in [-0.15, -0.1) is 0 Å². The zero-order chi connectivity index (χ0) is 16.4. The highest BCUT2D eigenvalue weighted by Crippen LogP contribution is 2.64. The number of Topliss-reactive ketones (excluding diaryl/α,β-unsaturated/α-hetero) is 1. The van der Waals surface area contributed by atoms with Crippen molar-refractivity contribution in [3.8, 4) is 0 Å². The fraction of sp³-hybridized carbons (Fsp3) is 0.900. The van der Waals surface area contributed by atoms with Crippen molar-refractivity contribution in [2.75, 3.05) is 0 Å². The minimum atomic E-state index is -0.0526. The van der Waals surface area contributed by atoms with E-state index in [4.69, 9.17) is 0 Å². The van der Waals surface area contributed by atoms with E-state index in [-0.39, 0.29) is 16.7 Å². The summed E-state index contributed by atoms with van der Waals surface area (Å²) in [5, 5.41) is 3.29. The number of hydrogen-bond donors (Lipinski definition) is 1. The summed E-state index contributed by atoms with van der Waals surface area (Å²) in [4.78, 5) is 24.6. The average Bonchev–Trinajstić information content (AvgIpc) is 2.79. The number of ketones is 1. The standard InChI is InChI=1S/C20H31NO2/c1-4-12-11-16(22)20(3)9-7-14-13(18(12)20)5-6-15-19(14,2)10-8-17(23)21-15/h12-15,18H,4-11H2,1-3H3,(H,21,23)/t12?,13-,14+,15-,18+,19-,20-/m1/s1. The van der Waals surface area contributed by atoms with Gasteiger partial charge in [-0.1, -0.05) is 27.2 Å². The molecule has 4 aliphatic rings. The van der Waals surface area contributed by atoms with Crippen LogP contribution in [0.3, 0.4) is 0 Å². The molecule has 4 rings (SSSR count). The van der Waals surface area contributed by atoms with E-state index in [1.54, 1.807) is 0 Å². The van der Waals surface area contributed by atoms with Gasteiger partial charge in [-0.25, -0.2) is 0 Å². The Hall–Kier alpha value is -0.860. The molecular weight excluding hydrogens is 286 g/mol. The molecule has 0 spiro atoms. The highest BCUT2D eigenvalue weighted by molar-refractivity contribution is 5.87. The van der Waals surface area contributed by atoms with E-state index in [2.05, 4.69) is 26.1 Å². The quantitative estimate of drug-likeness (QED) is 0.801. The first-order valence-electron chi connectivity index (χ1n) is 9.73. The first-order chi connectivity index (χ1) is 10.9. The Labute approximate surface area is 140 Å². The number of piperidine rings is 1. The van der Waals surface area contributed by atoms with E-state index in [1.807, 2.05) is 0 Å². The lowest BCUT2D eigenvalue weighted by Gasteiger charge is -2.59. The number of nitrogens with one attached hydrogen (secondary N) is 1. The average molecular weight is 317 g/mol. The van der Waals surface area contributed by atoms with E-state index in [0.29, 0.717) is 41.9 Å². The largest absolute Gasteiger partial charge is 0.353 e. The molecule has 7 atom stereocenters. The van der Waals surface area contributed by atoms with E-state index in [0.717, 1.165) is 32.1 Å². The molecule has 3 saturated carbocycles. The minimum Gasteiger partial charge on any atom is -0.353 e. The summed E-state index contributed by atoms with van der Waals surface area (Å²) in [5.74, 6) is 3.36. The number of fused-ring (bicyclic) bond motifs is 5. The molecule has 0 radical (unpaired) electrons. The van der Waals surface area contributed by atoms with Gasteiger partial charge in [0.15, 0.2) is 0 Å². The Morgan fingerprint density at radius 3 is 2.65 bits per heavy atom. The zero-order valence-electron chi connectivity index (χ0n) is 14.9. The van der Waals surface area contributed by atoms with Crippen LogP contribution in [-0.4, -0.2) is 17.7 Å². The lowest BCUT2D eigenvalue weighted by molar-refractivity contribution is -0.142. The number of carbonyl (C=O) groups excluding carboxylic acids is 2. The fourth-order valence-corrected chi connectivity index (χ4v) is 7.14. The van der Waals surface area contributed by atoms with Gasteiger partial charge >= 0.3 is 0 Å². The van der Waals surface area contributed by atoms with Gasteiger partial charge in [-0.05, 0) is 61.2 Å². The molecule has 23 heavy (non-hydrogen) atoms. The van der Waals surface area contributed by atoms with E-state index < -0.39 is 0 Å². The van der Waals surface area contributed by atoms with Crippen LogP contribution >= 0.6 is 0 Å². The van der Waals surface area contributed by atoms with Gasteiger partial charge < -0.3 is 5.32 Å². The molecule has 1 N–H and O–H groups in total. The van der Waals surface area contributed by atoms with Gasteiger partial charge in [0.25, 0.3) is 0 Å². The molecule has 3 nitrogen and oxygen atoms in total. The second-order valence-electron chi connectivity index (χ2n) is 9.25. The summed E-state index contributed by atoms with van der Waals surface area (Å²) in [6.07, 6.45) is 8.26. The highest BCUT2D eigenvalue weighted by atomic mass is 16.1. The first-order valence-corrected chi connectivity index (χ1v) is 9.73. The summed E-state index contributed by atoms with van der Waals surface area (Å²) in [6.45, 7) is 6.96. The third-order valence-electron chi connectivity index (χ3n) is 8.46. The summed E-state index contributed by atoms with van der Waals surface area (Å²) < 4.78 is 0. The van der Waals surface area contributed by atoms with Gasteiger partial charge in [0.1, 0.15) is 5.78 Å². The molecular formula is C20H31NO2. The molecule has 0 aromatic carbocycles. The third-order valence-corrected chi connectivity index (χ3v) is 8.46. The normalized spacial score (nSPS) is 52.4. The summed E-state index contributed by atoms with van der Waals surface area (Å²) in [6, 6.07) is 0.367. The molecule has 1 heterocycles. The van der Waals surface area contributed by atoms with Crippen LogP contribution in [0.1, 0.15) is 72.1 Å². The fourth-order valence-electron chi connectivity index (χ4n) is 7.14. The van der Waals surface area contributed by atoms with E-state index >= 15 is 0 Å². The monoisotopic (exact) mass is 317 g/mol. The summed E-state index contributed by atoms with van der Waals surface area (Å²) in [7, 11) is 0. The van der Waals surface area contributed by atoms with Crippen molar-refractivity contribution in [3.05, 3.63) is 0 Å². The number of hydrogen-bond acceptors (Lipinski definition) is 2. The van der Waals surface area contributed by atoms with Crippen LogP contribution in [0.2, 0.25) is 0 Å². The van der Waals surface area contributed by atoms with Crippen LogP contribution in [0.5, 0.6) is 0 Å². The smallest absolute Gasteiger partial charge is 0.220 e. The Bertz CT molecular complexity index is 544. The molecule has 1 aliphatic heterocycles. The van der Waals surface area contributed by atoms with Crippen molar-refractivity contribution < 1.29 is 9.59 Å². The van der Waals surface area contributed by atoms with Crippen LogP contribution in [-0.2, 0) is 9.59 Å². The lowest BCUT2D eigenvalue weighted by Crippen LogP contribution is -2.61. The van der Waals surface area contributed by atoms with Crippen LogP contribution in [0.4, 0.5) is 0 Å². The van der Waals surface area contributed by atoms with Crippen molar-refractivity contribution >= 4 is 11.7 Å². The molecule has 0 aromatic rings. The Balaban J connectivity index is 1.68. The molecule has 0 aromatic heterocycles. The van der Waals surface area contributed by atoms with Crippen molar-refractivity contribution in [1.29, 1.82) is 0 Å². The molecule has 1 saturated heterocycles. The SMILES string of the molecule is CCC1CC(=O)[C@@]2(C)CC[C@H]3[C@@H](CC[C@H]4NC(=O)CC[C@@]43C)[C@H]12. The topological polar surface area (TPSA) is 46.2 Å². The number of rotatable bonds is 1. The van der Waals surface area contributed by atoms with Crippen molar-refractivity contribution in [2.45, 2.75) is 78.2 Å². The predicted octanol–water partition coefficient (Wildman–Crippen LogP) is 3.71. The number of carbonyl (C=O) groups is 2. The highest BCUT2D eigenvalue weighted by Gasteiger charge is 2.62. The van der Waals surface area contributed by atoms with Gasteiger partial charge in [0.05, 0.1) is 0 Å². The maximum absolute atomic E-state index is 12.7. The van der Waals surface area contributed by atoms with Gasteiger partial charge in [-0.3, -0.25) is 9.59 Å². The predicted molar refractivity (Wildman–Crippen MR) is 89.7 cm³/mol. The van der Waals surface area contributed by atoms with Crippen molar-refractivity contribution in [2.24, 2.45) is 34.5 Å². The maximum Gasteiger partial charge on any atom is 0.220 e. The Morgan fingerprint density at radius 2 is 1.91 bits per heavy atom. The third kappa shape index (κ3) is 2.01. The van der Waals surface area contributed by atoms with Gasteiger partial charge in [0.2, 0.25) is 5.91 Å². The molecule has 0 bridgehead atoms. The second-order valence-corrected chi connectivity index (χ2v) is 9.25. The molecule has 3 heteroatoms. The first kappa shape index (κ1) is 15.7. The molecule has 128 valence electrons. The maximum atomic E-state index is 12.7. The Morgan fingerprint density at radius 1 is 1.13 bits per heavy atom. The van der Waals surface area contributed by atoms with Crippen LogP contribution in [0.25, 0.3) is 0 Å². The van der Waals surface area contributed by atoms with Crippen molar-refractivity contribution in [1.82, 2.24) is 5.32 Å². The summed E-state index contributed by atoms with van der Waals surface area (Å²) in [5.41, 5.74) is 0.199. The lowest BCUT2D eigenvalue weighted by atomic mass is 9.47. The van der Waals surface area contributed by atoms with Crippen LogP contribution in [0, 0.1) is 34.5 Å². The van der Waals surface area contributed by atoms with Crippen molar-refractivity contribution in [3.63, 3.8) is 0 Å². The molecule has 1 unspecified atom stereocenters. The minimum absolute atomic E-state index is 0.0526. The van der Waals surface area contributed by atoms with Gasteiger partial charge in [-0.2, -0.15) is 0 Å². The Kier molecular flexibility index (Phi) is 3.45. The van der Waals surface area contributed by atoms with E-state index in [1.165, 1.54) is 12.8 Å². The van der Waals surface area contributed by atoms with E-state index in [9.17, 15) is 9.59 Å². The molecule has 1 amide bonds. The molecule has 3 aliphatic carbocycles. The summed E-state index contributed by atoms with van der Waals surface area (Å²) >= 11 is 0. The number of amides is 1. The van der Waals surface area contributed by atoms with Crippen LogP contribution < -0.4 is 5.32 Å². The zero-order valence-corrected chi connectivity index (χ0v) is 14.9. The van der Waals surface area contributed by atoms with Crippen LogP contribution in [0.15, 0.2) is 0 Å². The second kappa shape index (κ2) is 5.07.